The first kappa shape index (κ1) is 12.9. The van der Waals surface area contributed by atoms with Crippen molar-refractivity contribution in [2.75, 3.05) is 5.32 Å². The van der Waals surface area contributed by atoms with Crippen molar-refractivity contribution >= 4 is 11.4 Å². The van der Waals surface area contributed by atoms with Gasteiger partial charge in [-0.2, -0.15) is 5.26 Å². The van der Waals surface area contributed by atoms with E-state index in [4.69, 9.17) is 5.26 Å². The monoisotopic (exact) mass is 271 g/mol. The molecule has 100 valence electrons. The van der Waals surface area contributed by atoms with Gasteiger partial charge in [0.05, 0.1) is 0 Å². The van der Waals surface area contributed by atoms with Gasteiger partial charge in [0.15, 0.2) is 0 Å². The molecule has 3 nitrogen and oxygen atoms in total. The maximum atomic E-state index is 8.85. The molecule has 3 aromatic rings. The van der Waals surface area contributed by atoms with Crippen LogP contribution in [0.5, 0.6) is 0 Å². The number of pyridine rings is 1. The van der Waals surface area contributed by atoms with Crippen LogP contribution in [0.25, 0.3) is 11.1 Å². The lowest BCUT2D eigenvalue weighted by Crippen LogP contribution is -1.92. The Morgan fingerprint density at radius 3 is 2.24 bits per heavy atom. The van der Waals surface area contributed by atoms with Gasteiger partial charge in [-0.1, -0.05) is 42.5 Å². The molecule has 0 aliphatic heterocycles. The van der Waals surface area contributed by atoms with Crippen LogP contribution < -0.4 is 5.32 Å². The number of hydrogen-bond acceptors (Lipinski definition) is 3. The fourth-order valence-corrected chi connectivity index (χ4v) is 2.11. The molecule has 2 aromatic carbocycles. The zero-order valence-electron chi connectivity index (χ0n) is 11.3. The van der Waals surface area contributed by atoms with Crippen LogP contribution in [0, 0.1) is 11.3 Å². The number of nitriles is 1. The highest BCUT2D eigenvalue weighted by Gasteiger charge is 1.99. The van der Waals surface area contributed by atoms with E-state index in [9.17, 15) is 0 Å². The van der Waals surface area contributed by atoms with Crippen molar-refractivity contribution in [3.05, 3.63) is 78.6 Å². The largest absolute Gasteiger partial charge is 0.355 e. The molecule has 1 heterocycles. The van der Waals surface area contributed by atoms with Crippen molar-refractivity contribution in [1.82, 2.24) is 4.98 Å². The number of hydrogen-bond donors (Lipinski definition) is 1. The third kappa shape index (κ3) is 3.07. The minimum absolute atomic E-state index is 0.404. The number of nitrogens with zero attached hydrogens (tertiary/aromatic N) is 2. The lowest BCUT2D eigenvalue weighted by atomic mass is 10.1. The van der Waals surface area contributed by atoms with Crippen LogP contribution in [0.15, 0.2) is 72.9 Å². The summed E-state index contributed by atoms with van der Waals surface area (Å²) in [5.41, 5.74) is 4.60. The Balaban J connectivity index is 1.80. The van der Waals surface area contributed by atoms with Crippen molar-refractivity contribution in [2.24, 2.45) is 0 Å². The first-order valence-corrected chi connectivity index (χ1v) is 6.64. The average Bonchev–Trinajstić information content (AvgIpc) is 2.56. The van der Waals surface area contributed by atoms with E-state index in [1.807, 2.05) is 42.5 Å². The Labute approximate surface area is 123 Å². The van der Waals surface area contributed by atoms with Crippen LogP contribution in [-0.4, -0.2) is 4.98 Å². The van der Waals surface area contributed by atoms with E-state index >= 15 is 0 Å². The number of nitrogens with one attached hydrogen (secondary N) is 1. The van der Waals surface area contributed by atoms with E-state index in [0.29, 0.717) is 5.69 Å². The molecule has 0 unspecified atom stereocenters. The molecule has 0 saturated carbocycles. The Bertz CT molecular complexity index is 772. The Morgan fingerprint density at radius 1 is 0.810 bits per heavy atom. The van der Waals surface area contributed by atoms with Gasteiger partial charge in [0, 0.05) is 17.6 Å². The van der Waals surface area contributed by atoms with Crippen molar-refractivity contribution in [2.45, 2.75) is 0 Å². The van der Waals surface area contributed by atoms with E-state index in [2.05, 4.69) is 34.6 Å². The lowest BCUT2D eigenvalue weighted by molar-refractivity contribution is 1.26. The molecule has 0 saturated heterocycles. The summed E-state index contributed by atoms with van der Waals surface area (Å²) in [7, 11) is 0. The van der Waals surface area contributed by atoms with Crippen LogP contribution in [0.1, 0.15) is 5.69 Å². The minimum atomic E-state index is 0.404. The first-order chi connectivity index (χ1) is 10.3. The number of anilines is 2. The molecule has 1 aromatic heterocycles. The standard InChI is InChI=1S/C18H13N3/c19-13-18-12-17(10-11-20-18)21-16-8-6-15(7-9-16)14-4-2-1-3-5-14/h1-12H,(H,20,21). The Kier molecular flexibility index (Phi) is 3.62. The molecule has 0 radical (unpaired) electrons. The van der Waals surface area contributed by atoms with Crippen molar-refractivity contribution < 1.29 is 0 Å². The fourth-order valence-electron chi connectivity index (χ4n) is 2.11. The van der Waals surface area contributed by atoms with Crippen LogP contribution in [0.2, 0.25) is 0 Å². The van der Waals surface area contributed by atoms with Gasteiger partial charge in [0.2, 0.25) is 0 Å². The number of rotatable bonds is 3. The highest BCUT2D eigenvalue weighted by Crippen LogP contribution is 2.23. The lowest BCUT2D eigenvalue weighted by Gasteiger charge is -2.08. The van der Waals surface area contributed by atoms with Gasteiger partial charge in [-0.05, 0) is 35.4 Å². The van der Waals surface area contributed by atoms with Crippen molar-refractivity contribution in [3.63, 3.8) is 0 Å². The summed E-state index contributed by atoms with van der Waals surface area (Å²) < 4.78 is 0. The second-order valence-corrected chi connectivity index (χ2v) is 4.61. The summed E-state index contributed by atoms with van der Waals surface area (Å²) >= 11 is 0. The number of benzene rings is 2. The van der Waals surface area contributed by atoms with Crippen LogP contribution >= 0.6 is 0 Å². The molecule has 0 aliphatic carbocycles. The normalized spacial score (nSPS) is 9.86. The zero-order chi connectivity index (χ0) is 14.5. The third-order valence-electron chi connectivity index (χ3n) is 3.16. The molecule has 3 rings (SSSR count). The topological polar surface area (TPSA) is 48.7 Å². The molecule has 0 amide bonds. The molecule has 21 heavy (non-hydrogen) atoms. The van der Waals surface area contributed by atoms with Gasteiger partial charge < -0.3 is 5.32 Å². The quantitative estimate of drug-likeness (QED) is 0.769. The molecule has 1 N–H and O–H groups in total. The predicted octanol–water partition coefficient (Wildman–Crippen LogP) is 4.36. The van der Waals surface area contributed by atoms with E-state index < -0.39 is 0 Å². The first-order valence-electron chi connectivity index (χ1n) is 6.64. The van der Waals surface area contributed by atoms with E-state index in [1.54, 1.807) is 12.3 Å². The van der Waals surface area contributed by atoms with Crippen LogP contribution in [-0.2, 0) is 0 Å². The molecular weight excluding hydrogens is 258 g/mol. The zero-order valence-corrected chi connectivity index (χ0v) is 11.3. The summed E-state index contributed by atoms with van der Waals surface area (Å²) in [4.78, 5) is 3.95. The molecule has 0 spiro atoms. The molecule has 0 fully saturated rings. The van der Waals surface area contributed by atoms with Gasteiger partial charge in [-0.3, -0.25) is 0 Å². The Hall–Kier alpha value is -3.12. The van der Waals surface area contributed by atoms with Gasteiger partial charge in [-0.25, -0.2) is 4.98 Å². The molecule has 0 aliphatic rings. The summed E-state index contributed by atoms with van der Waals surface area (Å²) in [5, 5.41) is 12.1. The SMILES string of the molecule is N#Cc1cc(Nc2ccc(-c3ccccc3)cc2)ccn1. The van der Waals surface area contributed by atoms with E-state index in [0.717, 1.165) is 11.4 Å². The summed E-state index contributed by atoms with van der Waals surface area (Å²) in [5.74, 6) is 0. The predicted molar refractivity (Wildman–Crippen MR) is 84.1 cm³/mol. The fraction of sp³-hybridized carbons (Fsp3) is 0. The van der Waals surface area contributed by atoms with Crippen LogP contribution in [0.3, 0.4) is 0 Å². The number of aromatic nitrogens is 1. The van der Waals surface area contributed by atoms with E-state index in [-0.39, 0.29) is 0 Å². The van der Waals surface area contributed by atoms with Crippen molar-refractivity contribution in [3.8, 4) is 17.2 Å². The maximum Gasteiger partial charge on any atom is 0.142 e. The van der Waals surface area contributed by atoms with Gasteiger partial charge in [0.25, 0.3) is 0 Å². The third-order valence-corrected chi connectivity index (χ3v) is 3.16. The van der Waals surface area contributed by atoms with E-state index in [1.165, 1.54) is 11.1 Å². The summed E-state index contributed by atoms with van der Waals surface area (Å²) in [6, 6.07) is 24.0. The second kappa shape index (κ2) is 5.89. The molecule has 0 atom stereocenters. The molecule has 0 bridgehead atoms. The highest BCUT2D eigenvalue weighted by atomic mass is 14.9. The van der Waals surface area contributed by atoms with Gasteiger partial charge >= 0.3 is 0 Å². The Morgan fingerprint density at radius 2 is 1.52 bits per heavy atom. The minimum Gasteiger partial charge on any atom is -0.355 e. The summed E-state index contributed by atoms with van der Waals surface area (Å²) in [6.45, 7) is 0. The summed E-state index contributed by atoms with van der Waals surface area (Å²) in [6.07, 6.45) is 1.62. The maximum absolute atomic E-state index is 8.85. The smallest absolute Gasteiger partial charge is 0.142 e. The average molecular weight is 271 g/mol. The second-order valence-electron chi connectivity index (χ2n) is 4.61. The van der Waals surface area contributed by atoms with Gasteiger partial charge in [-0.15, -0.1) is 0 Å². The van der Waals surface area contributed by atoms with Crippen molar-refractivity contribution in [1.29, 1.82) is 5.26 Å². The highest BCUT2D eigenvalue weighted by molar-refractivity contribution is 5.68. The van der Waals surface area contributed by atoms with Crippen LogP contribution in [0.4, 0.5) is 11.4 Å². The van der Waals surface area contributed by atoms with Gasteiger partial charge in [0.1, 0.15) is 11.8 Å². The molecule has 3 heteroatoms. The molecular formula is C18H13N3.